The van der Waals surface area contributed by atoms with Gasteiger partial charge in [-0.1, -0.05) is 12.1 Å². The Labute approximate surface area is 86.6 Å². The van der Waals surface area contributed by atoms with Crippen molar-refractivity contribution in [2.24, 2.45) is 0 Å². The van der Waals surface area contributed by atoms with Crippen molar-refractivity contribution in [3.05, 3.63) is 48.0 Å². The number of aromatic nitrogens is 2. The summed E-state index contributed by atoms with van der Waals surface area (Å²) >= 11 is 0. The molecule has 0 radical (unpaired) electrons. The van der Waals surface area contributed by atoms with E-state index in [0.717, 1.165) is 5.56 Å². The van der Waals surface area contributed by atoms with Crippen LogP contribution in [0.3, 0.4) is 0 Å². The lowest BCUT2D eigenvalue weighted by Crippen LogP contribution is -2.05. The van der Waals surface area contributed by atoms with Crippen LogP contribution in [0, 0.1) is 0 Å². The fourth-order valence-electron chi connectivity index (χ4n) is 1.30. The minimum Gasteiger partial charge on any atom is -0.508 e. The van der Waals surface area contributed by atoms with Gasteiger partial charge in [0.2, 0.25) is 5.78 Å². The number of rotatable bonds is 3. The van der Waals surface area contributed by atoms with Crippen molar-refractivity contribution in [1.82, 2.24) is 9.97 Å². The van der Waals surface area contributed by atoms with E-state index in [0.29, 0.717) is 5.82 Å². The Morgan fingerprint density at radius 3 is 2.67 bits per heavy atom. The van der Waals surface area contributed by atoms with E-state index in [1.807, 2.05) is 0 Å². The van der Waals surface area contributed by atoms with Gasteiger partial charge in [-0.25, -0.2) is 4.98 Å². The summed E-state index contributed by atoms with van der Waals surface area (Å²) in [4.78, 5) is 18.2. The topological polar surface area (TPSA) is 66.0 Å². The number of H-pyrrole nitrogens is 1. The Morgan fingerprint density at radius 2 is 2.07 bits per heavy atom. The van der Waals surface area contributed by atoms with Gasteiger partial charge in [-0.2, -0.15) is 0 Å². The lowest BCUT2D eigenvalue weighted by Gasteiger charge is -1.98. The van der Waals surface area contributed by atoms with E-state index >= 15 is 0 Å². The number of imidazole rings is 1. The Morgan fingerprint density at radius 1 is 1.33 bits per heavy atom. The molecular formula is C11H10N2O2. The molecule has 0 amide bonds. The van der Waals surface area contributed by atoms with Crippen LogP contribution in [0.4, 0.5) is 0 Å². The van der Waals surface area contributed by atoms with E-state index in [2.05, 4.69) is 9.97 Å². The van der Waals surface area contributed by atoms with E-state index in [1.54, 1.807) is 36.7 Å². The number of phenols is 1. The maximum Gasteiger partial charge on any atom is 0.202 e. The van der Waals surface area contributed by atoms with Crippen LogP contribution in [0.25, 0.3) is 0 Å². The molecule has 4 heteroatoms. The van der Waals surface area contributed by atoms with Gasteiger partial charge in [0.15, 0.2) is 5.82 Å². The van der Waals surface area contributed by atoms with Crippen molar-refractivity contribution in [3.8, 4) is 5.75 Å². The molecule has 1 heterocycles. The van der Waals surface area contributed by atoms with Crippen LogP contribution in [0.5, 0.6) is 5.75 Å². The average Bonchev–Trinajstić information content (AvgIpc) is 2.74. The lowest BCUT2D eigenvalue weighted by molar-refractivity contribution is 0.0984. The predicted molar refractivity (Wildman–Crippen MR) is 54.7 cm³/mol. The normalized spacial score (nSPS) is 10.1. The molecule has 2 aromatic rings. The molecule has 1 aromatic carbocycles. The first-order valence-electron chi connectivity index (χ1n) is 4.56. The van der Waals surface area contributed by atoms with Crippen molar-refractivity contribution in [1.29, 1.82) is 0 Å². The highest BCUT2D eigenvalue weighted by molar-refractivity contribution is 5.94. The molecule has 0 unspecified atom stereocenters. The summed E-state index contributed by atoms with van der Waals surface area (Å²) in [6, 6.07) is 6.56. The number of carbonyl (C=O) groups excluding carboxylic acids is 1. The summed E-state index contributed by atoms with van der Waals surface area (Å²) in [7, 11) is 0. The number of Topliss-reactive ketones (excluding diaryl/α,β-unsaturated/α-hetero) is 1. The summed E-state index contributed by atoms with van der Waals surface area (Å²) in [5.74, 6) is 0.498. The maximum absolute atomic E-state index is 11.6. The number of carbonyl (C=O) groups is 1. The second-order valence-corrected chi connectivity index (χ2v) is 3.20. The Hall–Kier alpha value is -2.10. The van der Waals surface area contributed by atoms with Crippen LogP contribution in [-0.2, 0) is 6.42 Å². The molecule has 0 aliphatic heterocycles. The zero-order valence-electron chi connectivity index (χ0n) is 7.97. The Balaban J connectivity index is 2.09. The SMILES string of the molecule is O=C(Cc1ccc(O)cc1)c1ncc[nH]1. The number of benzene rings is 1. The van der Waals surface area contributed by atoms with Crippen molar-refractivity contribution < 1.29 is 9.90 Å². The van der Waals surface area contributed by atoms with E-state index in [9.17, 15) is 4.79 Å². The van der Waals surface area contributed by atoms with Crippen LogP contribution in [0.15, 0.2) is 36.7 Å². The Bertz CT molecular complexity index is 446. The molecule has 0 atom stereocenters. The molecule has 0 saturated carbocycles. The highest BCUT2D eigenvalue weighted by Gasteiger charge is 2.08. The molecule has 0 aliphatic rings. The van der Waals surface area contributed by atoms with Crippen molar-refractivity contribution in [3.63, 3.8) is 0 Å². The number of nitrogens with zero attached hydrogens (tertiary/aromatic N) is 1. The quantitative estimate of drug-likeness (QED) is 0.742. The van der Waals surface area contributed by atoms with Gasteiger partial charge < -0.3 is 10.1 Å². The van der Waals surface area contributed by atoms with Crippen molar-refractivity contribution in [2.75, 3.05) is 0 Å². The molecule has 0 bridgehead atoms. The van der Waals surface area contributed by atoms with Gasteiger partial charge in [0.25, 0.3) is 0 Å². The number of aromatic amines is 1. The van der Waals surface area contributed by atoms with E-state index < -0.39 is 0 Å². The second kappa shape index (κ2) is 3.96. The Kier molecular flexibility index (Phi) is 2.49. The fraction of sp³-hybridized carbons (Fsp3) is 0.0909. The molecule has 0 aliphatic carbocycles. The summed E-state index contributed by atoms with van der Waals surface area (Å²) in [5.41, 5.74) is 0.856. The van der Waals surface area contributed by atoms with E-state index in [4.69, 9.17) is 5.11 Å². The molecule has 15 heavy (non-hydrogen) atoms. The molecule has 4 nitrogen and oxygen atoms in total. The van der Waals surface area contributed by atoms with E-state index in [1.165, 1.54) is 0 Å². The first kappa shape index (κ1) is 9.45. The molecule has 1 aromatic heterocycles. The largest absolute Gasteiger partial charge is 0.508 e. The standard InChI is InChI=1S/C11H10N2O2/c14-9-3-1-8(2-4-9)7-10(15)11-12-5-6-13-11/h1-6,14H,7H2,(H,12,13). The number of ketones is 1. The third kappa shape index (κ3) is 2.22. The maximum atomic E-state index is 11.6. The van der Waals surface area contributed by atoms with Crippen LogP contribution < -0.4 is 0 Å². The number of hydrogen-bond donors (Lipinski definition) is 2. The highest BCUT2D eigenvalue weighted by Crippen LogP contribution is 2.11. The third-order valence-corrected chi connectivity index (χ3v) is 2.06. The fourth-order valence-corrected chi connectivity index (χ4v) is 1.30. The van der Waals surface area contributed by atoms with Gasteiger partial charge in [0, 0.05) is 18.8 Å². The molecule has 0 saturated heterocycles. The first-order chi connectivity index (χ1) is 7.25. The summed E-state index contributed by atoms with van der Waals surface area (Å²) < 4.78 is 0. The predicted octanol–water partition coefficient (Wildman–Crippen LogP) is 1.54. The molecule has 0 spiro atoms. The zero-order valence-corrected chi connectivity index (χ0v) is 7.97. The number of phenolic OH excluding ortho intramolecular Hbond substituents is 1. The average molecular weight is 202 g/mol. The molecule has 2 rings (SSSR count). The molecular weight excluding hydrogens is 192 g/mol. The van der Waals surface area contributed by atoms with Crippen LogP contribution >= 0.6 is 0 Å². The van der Waals surface area contributed by atoms with E-state index in [-0.39, 0.29) is 18.0 Å². The van der Waals surface area contributed by atoms with Crippen LogP contribution in [0.1, 0.15) is 16.2 Å². The summed E-state index contributed by atoms with van der Waals surface area (Å²) in [5, 5.41) is 9.07. The molecule has 2 N–H and O–H groups in total. The van der Waals surface area contributed by atoms with Gasteiger partial charge in [0.1, 0.15) is 5.75 Å². The van der Waals surface area contributed by atoms with Gasteiger partial charge in [-0.15, -0.1) is 0 Å². The summed E-state index contributed by atoms with van der Waals surface area (Å²) in [6.07, 6.45) is 3.45. The third-order valence-electron chi connectivity index (χ3n) is 2.06. The van der Waals surface area contributed by atoms with Gasteiger partial charge in [-0.3, -0.25) is 4.79 Å². The van der Waals surface area contributed by atoms with Crippen LogP contribution in [-0.4, -0.2) is 20.9 Å². The smallest absolute Gasteiger partial charge is 0.202 e. The van der Waals surface area contributed by atoms with Crippen molar-refractivity contribution >= 4 is 5.78 Å². The monoisotopic (exact) mass is 202 g/mol. The minimum atomic E-state index is -0.0642. The minimum absolute atomic E-state index is 0.0642. The highest BCUT2D eigenvalue weighted by atomic mass is 16.3. The van der Waals surface area contributed by atoms with Gasteiger partial charge in [-0.05, 0) is 17.7 Å². The molecule has 0 fully saturated rings. The summed E-state index contributed by atoms with van der Waals surface area (Å²) in [6.45, 7) is 0. The number of aromatic hydroxyl groups is 1. The second-order valence-electron chi connectivity index (χ2n) is 3.20. The van der Waals surface area contributed by atoms with Crippen molar-refractivity contribution in [2.45, 2.75) is 6.42 Å². The lowest BCUT2D eigenvalue weighted by atomic mass is 10.1. The van der Waals surface area contributed by atoms with Gasteiger partial charge >= 0.3 is 0 Å². The zero-order chi connectivity index (χ0) is 10.7. The van der Waals surface area contributed by atoms with Gasteiger partial charge in [0.05, 0.1) is 0 Å². The molecule has 76 valence electrons. The van der Waals surface area contributed by atoms with Crippen LogP contribution in [0.2, 0.25) is 0 Å². The number of hydrogen-bond acceptors (Lipinski definition) is 3. The first-order valence-corrected chi connectivity index (χ1v) is 4.56. The number of nitrogens with one attached hydrogen (secondary N) is 1.